The van der Waals surface area contributed by atoms with Crippen LogP contribution in [0.15, 0.2) is 6.20 Å². The molecule has 5 nitrogen and oxygen atoms in total. The van der Waals surface area contributed by atoms with E-state index < -0.39 is 0 Å². The Morgan fingerprint density at radius 3 is 2.72 bits per heavy atom. The monoisotopic (exact) mass is 253 g/mol. The lowest BCUT2D eigenvalue weighted by Gasteiger charge is -2.22. The number of aromatic nitrogens is 2. The van der Waals surface area contributed by atoms with Gasteiger partial charge in [-0.15, -0.1) is 0 Å². The van der Waals surface area contributed by atoms with Gasteiger partial charge in [-0.1, -0.05) is 0 Å². The Bertz CT molecular complexity index is 380. The molecule has 0 aliphatic heterocycles. The van der Waals surface area contributed by atoms with Crippen LogP contribution in [0.4, 0.5) is 5.95 Å². The van der Waals surface area contributed by atoms with Gasteiger partial charge in [-0.2, -0.15) is 4.98 Å². The van der Waals surface area contributed by atoms with E-state index in [1.54, 1.807) is 13.3 Å². The maximum absolute atomic E-state index is 5.69. The maximum Gasteiger partial charge on any atom is 0.225 e. The van der Waals surface area contributed by atoms with E-state index in [0.717, 1.165) is 18.5 Å². The number of methoxy groups -OCH3 is 1. The molecule has 0 aromatic carbocycles. The summed E-state index contributed by atoms with van der Waals surface area (Å²) >= 11 is 0. The van der Waals surface area contributed by atoms with Gasteiger partial charge in [-0.05, 0) is 27.7 Å². The highest BCUT2D eigenvalue weighted by Crippen LogP contribution is 2.18. The van der Waals surface area contributed by atoms with Crippen molar-refractivity contribution < 1.29 is 9.47 Å². The van der Waals surface area contributed by atoms with Crippen LogP contribution < -0.4 is 10.1 Å². The van der Waals surface area contributed by atoms with Gasteiger partial charge in [0.25, 0.3) is 0 Å². The second kappa shape index (κ2) is 6.54. The molecule has 0 spiro atoms. The standard InChI is InChI=1S/C13H23N3O2/c1-6-14-12-15-9-10(2)11(16-12)18-8-7-13(3,4)17-5/h9H,6-8H2,1-5H3,(H,14,15,16). The second-order valence-electron chi connectivity index (χ2n) is 4.77. The van der Waals surface area contributed by atoms with Gasteiger partial charge in [0, 0.05) is 31.8 Å². The predicted molar refractivity (Wildman–Crippen MR) is 72.1 cm³/mol. The Balaban J connectivity index is 2.58. The molecule has 1 heterocycles. The molecule has 0 atom stereocenters. The molecule has 0 fully saturated rings. The Kier molecular flexibility index (Phi) is 5.34. The summed E-state index contributed by atoms with van der Waals surface area (Å²) in [5.74, 6) is 1.23. The highest BCUT2D eigenvalue weighted by atomic mass is 16.5. The molecule has 0 radical (unpaired) electrons. The number of ether oxygens (including phenoxy) is 2. The van der Waals surface area contributed by atoms with Crippen molar-refractivity contribution in [3.63, 3.8) is 0 Å². The molecule has 1 aromatic rings. The van der Waals surface area contributed by atoms with Crippen LogP contribution in [0, 0.1) is 6.92 Å². The lowest BCUT2D eigenvalue weighted by molar-refractivity contribution is 0.00502. The van der Waals surface area contributed by atoms with Crippen LogP contribution in [-0.4, -0.2) is 35.8 Å². The van der Waals surface area contributed by atoms with Crippen LogP contribution in [0.1, 0.15) is 32.8 Å². The molecule has 1 rings (SSSR count). The smallest absolute Gasteiger partial charge is 0.225 e. The van der Waals surface area contributed by atoms with Gasteiger partial charge >= 0.3 is 0 Å². The first-order valence-electron chi connectivity index (χ1n) is 6.24. The van der Waals surface area contributed by atoms with Crippen LogP contribution in [0.5, 0.6) is 5.88 Å². The molecule has 0 amide bonds. The number of rotatable bonds is 7. The third-order valence-corrected chi connectivity index (χ3v) is 2.76. The molecule has 102 valence electrons. The summed E-state index contributed by atoms with van der Waals surface area (Å²) in [4.78, 5) is 8.50. The molecular weight excluding hydrogens is 230 g/mol. The van der Waals surface area contributed by atoms with Crippen molar-refractivity contribution in [2.24, 2.45) is 0 Å². The van der Waals surface area contributed by atoms with Gasteiger partial charge in [-0.3, -0.25) is 0 Å². The SMILES string of the molecule is CCNc1ncc(C)c(OCCC(C)(C)OC)n1. The minimum atomic E-state index is -0.175. The second-order valence-corrected chi connectivity index (χ2v) is 4.77. The molecule has 18 heavy (non-hydrogen) atoms. The largest absolute Gasteiger partial charge is 0.477 e. The number of anilines is 1. The van der Waals surface area contributed by atoms with E-state index >= 15 is 0 Å². The van der Waals surface area contributed by atoms with Gasteiger partial charge in [0.05, 0.1) is 12.2 Å². The average Bonchev–Trinajstić information content (AvgIpc) is 2.33. The van der Waals surface area contributed by atoms with Crippen molar-refractivity contribution in [1.82, 2.24) is 9.97 Å². The van der Waals surface area contributed by atoms with Crippen molar-refractivity contribution in [3.8, 4) is 5.88 Å². The molecule has 0 aliphatic carbocycles. The molecule has 0 bridgehead atoms. The molecule has 1 N–H and O–H groups in total. The van der Waals surface area contributed by atoms with Crippen molar-refractivity contribution >= 4 is 5.95 Å². The van der Waals surface area contributed by atoms with Crippen LogP contribution >= 0.6 is 0 Å². The summed E-state index contributed by atoms with van der Waals surface area (Å²) in [6.45, 7) is 9.38. The van der Waals surface area contributed by atoms with E-state index in [4.69, 9.17) is 9.47 Å². The lowest BCUT2D eigenvalue weighted by Crippen LogP contribution is -2.25. The zero-order chi connectivity index (χ0) is 13.6. The number of hydrogen-bond donors (Lipinski definition) is 1. The molecule has 0 saturated heterocycles. The fourth-order valence-electron chi connectivity index (χ4n) is 1.31. The summed E-state index contributed by atoms with van der Waals surface area (Å²) in [6, 6.07) is 0. The van der Waals surface area contributed by atoms with Crippen molar-refractivity contribution in [2.45, 2.75) is 39.7 Å². The Morgan fingerprint density at radius 2 is 2.11 bits per heavy atom. The Labute approximate surface area is 109 Å². The number of nitrogens with zero attached hydrogens (tertiary/aromatic N) is 2. The summed E-state index contributed by atoms with van der Waals surface area (Å²) in [5, 5.41) is 3.07. The van der Waals surface area contributed by atoms with Gasteiger partial charge in [0.15, 0.2) is 0 Å². The Morgan fingerprint density at radius 1 is 1.39 bits per heavy atom. The summed E-state index contributed by atoms with van der Waals surface area (Å²) in [7, 11) is 1.71. The number of hydrogen-bond acceptors (Lipinski definition) is 5. The van der Waals surface area contributed by atoms with Gasteiger partial charge < -0.3 is 14.8 Å². The third-order valence-electron chi connectivity index (χ3n) is 2.76. The van der Waals surface area contributed by atoms with Gasteiger partial charge in [0.2, 0.25) is 11.8 Å². The Hall–Kier alpha value is -1.36. The number of aryl methyl sites for hydroxylation is 1. The van der Waals surface area contributed by atoms with Crippen LogP contribution in [-0.2, 0) is 4.74 Å². The summed E-state index contributed by atoms with van der Waals surface area (Å²) < 4.78 is 11.0. The maximum atomic E-state index is 5.69. The summed E-state index contributed by atoms with van der Waals surface area (Å²) in [6.07, 6.45) is 2.57. The highest BCUT2D eigenvalue weighted by Gasteiger charge is 2.16. The van der Waals surface area contributed by atoms with E-state index in [2.05, 4.69) is 15.3 Å². The van der Waals surface area contributed by atoms with Crippen molar-refractivity contribution in [1.29, 1.82) is 0 Å². The third kappa shape index (κ3) is 4.49. The van der Waals surface area contributed by atoms with E-state index in [1.807, 2.05) is 27.7 Å². The van der Waals surface area contributed by atoms with Crippen LogP contribution in [0.3, 0.4) is 0 Å². The van der Waals surface area contributed by atoms with E-state index in [0.29, 0.717) is 18.4 Å². The van der Waals surface area contributed by atoms with E-state index in [9.17, 15) is 0 Å². The van der Waals surface area contributed by atoms with Gasteiger partial charge in [0.1, 0.15) is 0 Å². The first kappa shape index (κ1) is 14.7. The molecule has 0 saturated carbocycles. The molecular formula is C13H23N3O2. The first-order valence-corrected chi connectivity index (χ1v) is 6.24. The normalized spacial score (nSPS) is 11.4. The van der Waals surface area contributed by atoms with Crippen molar-refractivity contribution in [2.75, 3.05) is 25.6 Å². The van der Waals surface area contributed by atoms with Gasteiger partial charge in [-0.25, -0.2) is 4.98 Å². The predicted octanol–water partition coefficient (Wildman–Crippen LogP) is 2.41. The van der Waals surface area contributed by atoms with E-state index in [1.165, 1.54) is 0 Å². The topological polar surface area (TPSA) is 56.3 Å². The molecule has 0 aliphatic rings. The highest BCUT2D eigenvalue weighted by molar-refractivity contribution is 5.32. The van der Waals surface area contributed by atoms with Crippen molar-refractivity contribution in [3.05, 3.63) is 11.8 Å². The average molecular weight is 253 g/mol. The molecule has 5 heteroatoms. The molecule has 1 aromatic heterocycles. The molecule has 0 unspecified atom stereocenters. The fourth-order valence-corrected chi connectivity index (χ4v) is 1.31. The van der Waals surface area contributed by atoms with E-state index in [-0.39, 0.29) is 5.60 Å². The minimum absolute atomic E-state index is 0.175. The zero-order valence-electron chi connectivity index (χ0n) is 11.9. The van der Waals surface area contributed by atoms with Crippen LogP contribution in [0.25, 0.3) is 0 Å². The minimum Gasteiger partial charge on any atom is -0.477 e. The quantitative estimate of drug-likeness (QED) is 0.808. The first-order chi connectivity index (χ1) is 8.48. The number of nitrogens with one attached hydrogen (secondary N) is 1. The summed E-state index contributed by atoms with van der Waals surface area (Å²) in [5.41, 5.74) is 0.762. The lowest BCUT2D eigenvalue weighted by atomic mass is 10.1. The zero-order valence-corrected chi connectivity index (χ0v) is 11.9. The van der Waals surface area contributed by atoms with Crippen LogP contribution in [0.2, 0.25) is 0 Å². The fraction of sp³-hybridized carbons (Fsp3) is 0.692.